The Kier molecular flexibility index (Phi) is 5.23. The third-order valence-corrected chi connectivity index (χ3v) is 5.43. The van der Waals surface area contributed by atoms with Crippen molar-refractivity contribution >= 4 is 12.1 Å². The van der Waals surface area contributed by atoms with E-state index >= 15 is 0 Å². The zero-order valence-corrected chi connectivity index (χ0v) is 16.3. The molecular weight excluding hydrogens is 385 g/mol. The molecule has 1 amide bonds. The second-order valence-corrected chi connectivity index (χ2v) is 7.21. The molecule has 152 valence electrons. The zero-order chi connectivity index (χ0) is 21.3. The summed E-state index contributed by atoms with van der Waals surface area (Å²) >= 11 is 0. The molecule has 0 radical (unpaired) electrons. The number of nitrogens with zero attached hydrogens (tertiary/aromatic N) is 1. The molecule has 1 unspecified atom stereocenters. The van der Waals surface area contributed by atoms with Crippen LogP contribution >= 0.6 is 0 Å². The first-order chi connectivity index (χ1) is 14.5. The number of ether oxygens (including phenoxy) is 1. The van der Waals surface area contributed by atoms with Crippen LogP contribution in [0.15, 0.2) is 72.8 Å². The van der Waals surface area contributed by atoms with Gasteiger partial charge in [-0.25, -0.2) is 14.0 Å². The number of hydrogen-bond donors (Lipinski definition) is 1. The number of carboxylic acid groups (broad SMARTS) is 1. The highest BCUT2D eigenvalue weighted by molar-refractivity contribution is 5.82. The molecule has 3 aromatic rings. The lowest BCUT2D eigenvalue weighted by atomic mass is 9.98. The van der Waals surface area contributed by atoms with Crippen molar-refractivity contribution in [2.45, 2.75) is 12.0 Å². The van der Waals surface area contributed by atoms with E-state index in [1.165, 1.54) is 19.2 Å². The lowest BCUT2D eigenvalue weighted by molar-refractivity contribution is -0.142. The average Bonchev–Trinajstić information content (AvgIpc) is 3.07. The summed E-state index contributed by atoms with van der Waals surface area (Å²) < 4.78 is 18.7. The number of benzene rings is 3. The average molecular weight is 405 g/mol. The van der Waals surface area contributed by atoms with E-state index in [1.54, 1.807) is 0 Å². The smallest absolute Gasteiger partial charge is 0.410 e. The van der Waals surface area contributed by atoms with Gasteiger partial charge in [0.25, 0.3) is 0 Å². The van der Waals surface area contributed by atoms with Crippen LogP contribution in [0, 0.1) is 5.82 Å². The molecule has 0 heterocycles. The molecular formula is C24H20FNO4. The van der Waals surface area contributed by atoms with Crippen molar-refractivity contribution in [3.63, 3.8) is 0 Å². The van der Waals surface area contributed by atoms with Crippen LogP contribution in [0.3, 0.4) is 0 Å². The maximum atomic E-state index is 13.2. The highest BCUT2D eigenvalue weighted by atomic mass is 19.1. The van der Waals surface area contributed by atoms with E-state index in [0.717, 1.165) is 39.3 Å². The summed E-state index contributed by atoms with van der Waals surface area (Å²) in [6.45, 7) is 0.0902. The number of hydrogen-bond acceptors (Lipinski definition) is 3. The highest BCUT2D eigenvalue weighted by Gasteiger charge is 2.32. The molecule has 6 heteroatoms. The molecule has 1 N–H and O–H groups in total. The summed E-state index contributed by atoms with van der Waals surface area (Å²) in [6, 6.07) is 19.7. The third kappa shape index (κ3) is 3.52. The van der Waals surface area contributed by atoms with E-state index in [0.29, 0.717) is 5.56 Å². The SMILES string of the molecule is CN(C(=O)OCC1c2ccccc2-c2ccccc21)C(C(=O)O)c1ccc(F)cc1. The van der Waals surface area contributed by atoms with E-state index < -0.39 is 23.9 Å². The summed E-state index contributed by atoms with van der Waals surface area (Å²) in [5, 5.41) is 9.61. The summed E-state index contributed by atoms with van der Waals surface area (Å²) in [7, 11) is 1.36. The molecule has 0 aliphatic heterocycles. The van der Waals surface area contributed by atoms with Gasteiger partial charge in [0.1, 0.15) is 12.4 Å². The minimum atomic E-state index is -1.28. The Hall–Kier alpha value is -3.67. The van der Waals surface area contributed by atoms with Crippen LogP contribution in [-0.2, 0) is 9.53 Å². The summed E-state index contributed by atoms with van der Waals surface area (Å²) in [6.07, 6.45) is -0.756. The number of aliphatic carboxylic acids is 1. The molecule has 0 saturated carbocycles. The predicted molar refractivity (Wildman–Crippen MR) is 110 cm³/mol. The van der Waals surface area contributed by atoms with Crippen LogP contribution in [-0.4, -0.2) is 35.7 Å². The molecule has 0 bridgehead atoms. The molecule has 30 heavy (non-hydrogen) atoms. The van der Waals surface area contributed by atoms with Crippen LogP contribution in [0.4, 0.5) is 9.18 Å². The second-order valence-electron chi connectivity index (χ2n) is 7.21. The van der Waals surface area contributed by atoms with Gasteiger partial charge >= 0.3 is 12.1 Å². The Morgan fingerprint density at radius 1 is 0.967 bits per heavy atom. The molecule has 3 aromatic carbocycles. The molecule has 1 aliphatic rings. The lowest BCUT2D eigenvalue weighted by Gasteiger charge is -2.25. The number of likely N-dealkylation sites (N-methyl/N-ethyl adjacent to an activating group) is 1. The van der Waals surface area contributed by atoms with Gasteiger partial charge in [-0.05, 0) is 39.9 Å². The van der Waals surface area contributed by atoms with E-state index in [1.807, 2.05) is 48.5 Å². The van der Waals surface area contributed by atoms with Crippen LogP contribution in [0.2, 0.25) is 0 Å². The number of fused-ring (bicyclic) bond motifs is 3. The fraction of sp³-hybridized carbons (Fsp3) is 0.167. The topological polar surface area (TPSA) is 66.8 Å². The molecule has 4 rings (SSSR count). The molecule has 1 atom stereocenters. The maximum Gasteiger partial charge on any atom is 0.410 e. The van der Waals surface area contributed by atoms with Crippen molar-refractivity contribution in [2.75, 3.05) is 13.7 Å². The van der Waals surface area contributed by atoms with Crippen molar-refractivity contribution < 1.29 is 23.8 Å². The number of carboxylic acids is 1. The fourth-order valence-corrected chi connectivity index (χ4v) is 3.98. The summed E-state index contributed by atoms with van der Waals surface area (Å²) in [5.74, 6) is -1.83. The fourth-order valence-electron chi connectivity index (χ4n) is 3.98. The van der Waals surface area contributed by atoms with Gasteiger partial charge in [-0.15, -0.1) is 0 Å². The number of carbonyl (C=O) groups excluding carboxylic acids is 1. The van der Waals surface area contributed by atoms with Crippen LogP contribution < -0.4 is 0 Å². The van der Waals surface area contributed by atoms with Gasteiger partial charge in [0.05, 0.1) is 0 Å². The molecule has 0 saturated heterocycles. The van der Waals surface area contributed by atoms with Crippen molar-refractivity contribution in [3.8, 4) is 11.1 Å². The Balaban J connectivity index is 1.53. The Bertz CT molecular complexity index is 1050. The Morgan fingerprint density at radius 2 is 1.50 bits per heavy atom. The lowest BCUT2D eigenvalue weighted by Crippen LogP contribution is -2.36. The van der Waals surface area contributed by atoms with Gasteiger partial charge in [0.2, 0.25) is 0 Å². The Morgan fingerprint density at radius 3 is 2.03 bits per heavy atom. The molecule has 0 spiro atoms. The first kappa shape index (κ1) is 19.6. The van der Waals surface area contributed by atoms with E-state index in [9.17, 15) is 19.1 Å². The largest absolute Gasteiger partial charge is 0.479 e. The van der Waals surface area contributed by atoms with Crippen molar-refractivity contribution in [3.05, 3.63) is 95.3 Å². The quantitative estimate of drug-likeness (QED) is 0.660. The standard InChI is InChI=1S/C24H20FNO4/c1-26(22(23(27)28)15-10-12-16(25)13-11-15)24(29)30-14-21-19-8-4-2-6-17(19)18-7-3-5-9-20(18)21/h2-13,21-22H,14H2,1H3,(H,27,28). The van der Waals surface area contributed by atoms with Crippen LogP contribution in [0.1, 0.15) is 28.7 Å². The van der Waals surface area contributed by atoms with E-state index in [2.05, 4.69) is 0 Å². The molecule has 1 aliphatic carbocycles. The Labute approximate surface area is 173 Å². The van der Waals surface area contributed by atoms with Crippen molar-refractivity contribution in [1.29, 1.82) is 0 Å². The molecule has 0 fully saturated rings. The van der Waals surface area contributed by atoms with Gasteiger partial charge in [-0.2, -0.15) is 0 Å². The number of rotatable bonds is 5. The zero-order valence-electron chi connectivity index (χ0n) is 16.3. The predicted octanol–water partition coefficient (Wildman–Crippen LogP) is 4.83. The van der Waals surface area contributed by atoms with Crippen LogP contribution in [0.5, 0.6) is 0 Å². The number of halogens is 1. The number of amides is 1. The summed E-state index contributed by atoms with van der Waals surface area (Å²) in [5.41, 5.74) is 4.65. The summed E-state index contributed by atoms with van der Waals surface area (Å²) in [4.78, 5) is 25.5. The first-order valence-electron chi connectivity index (χ1n) is 9.53. The van der Waals surface area contributed by atoms with E-state index in [-0.39, 0.29) is 12.5 Å². The van der Waals surface area contributed by atoms with Gasteiger partial charge in [-0.1, -0.05) is 60.7 Å². The third-order valence-electron chi connectivity index (χ3n) is 5.43. The van der Waals surface area contributed by atoms with Gasteiger partial charge in [-0.3, -0.25) is 4.90 Å². The van der Waals surface area contributed by atoms with Crippen molar-refractivity contribution in [1.82, 2.24) is 4.90 Å². The van der Waals surface area contributed by atoms with E-state index in [4.69, 9.17) is 4.74 Å². The van der Waals surface area contributed by atoms with Gasteiger partial charge in [0.15, 0.2) is 6.04 Å². The van der Waals surface area contributed by atoms with Gasteiger partial charge in [0, 0.05) is 13.0 Å². The minimum absolute atomic E-state index is 0.0902. The maximum absolute atomic E-state index is 13.2. The normalized spacial score (nSPS) is 13.3. The van der Waals surface area contributed by atoms with Gasteiger partial charge < -0.3 is 9.84 Å². The van der Waals surface area contributed by atoms with Crippen LogP contribution in [0.25, 0.3) is 11.1 Å². The second kappa shape index (κ2) is 7.99. The monoisotopic (exact) mass is 405 g/mol. The minimum Gasteiger partial charge on any atom is -0.479 e. The van der Waals surface area contributed by atoms with Crippen molar-refractivity contribution in [2.24, 2.45) is 0 Å². The molecule has 0 aromatic heterocycles. The number of carbonyl (C=O) groups is 2. The molecule has 5 nitrogen and oxygen atoms in total. The first-order valence-corrected chi connectivity index (χ1v) is 9.53. The highest BCUT2D eigenvalue weighted by Crippen LogP contribution is 2.44.